The molecule has 25 heavy (non-hydrogen) atoms. The predicted octanol–water partition coefficient (Wildman–Crippen LogP) is 2.20. The molecule has 8 nitrogen and oxygen atoms in total. The molecule has 0 aromatic carbocycles. The van der Waals surface area contributed by atoms with E-state index in [9.17, 15) is 9.59 Å². The van der Waals surface area contributed by atoms with E-state index < -0.39 is 24.0 Å². The number of aliphatic carboxylic acids is 1. The lowest BCUT2D eigenvalue weighted by atomic mass is 10.2. The quantitative estimate of drug-likeness (QED) is 0.486. The summed E-state index contributed by atoms with van der Waals surface area (Å²) in [6.45, 7) is 5.13. The highest BCUT2D eigenvalue weighted by Gasteiger charge is 2.26. The minimum atomic E-state index is -1.50. The van der Waals surface area contributed by atoms with Crippen LogP contribution in [0.1, 0.15) is 19.5 Å². The first kappa shape index (κ1) is 18.2. The van der Waals surface area contributed by atoms with E-state index in [1.54, 1.807) is 26.1 Å². The number of aromatic nitrogens is 3. The maximum absolute atomic E-state index is 11.8. The molecule has 2 heterocycles. The largest absolute Gasteiger partial charge is 0.480 e. The van der Waals surface area contributed by atoms with Crippen LogP contribution in [-0.4, -0.2) is 44.3 Å². The van der Waals surface area contributed by atoms with Crippen LogP contribution in [0.3, 0.4) is 0 Å². The van der Waals surface area contributed by atoms with Gasteiger partial charge in [-0.25, -0.2) is 15.0 Å². The first-order valence-electron chi connectivity index (χ1n) is 7.60. The van der Waals surface area contributed by atoms with Crippen LogP contribution < -0.4 is 0 Å². The number of hydrogen-bond acceptors (Lipinski definition) is 7. The lowest BCUT2D eigenvalue weighted by Gasteiger charge is -2.10. The molecular formula is C17H18N4O4. The molecule has 8 heteroatoms. The van der Waals surface area contributed by atoms with Gasteiger partial charge in [0.05, 0.1) is 6.10 Å². The highest BCUT2D eigenvalue weighted by atomic mass is 16.5. The van der Waals surface area contributed by atoms with Crippen molar-refractivity contribution in [2.75, 3.05) is 0 Å². The zero-order valence-corrected chi connectivity index (χ0v) is 14.1. The Bertz CT molecular complexity index is 805. The van der Waals surface area contributed by atoms with Crippen molar-refractivity contribution >= 4 is 24.0 Å². The molecule has 0 saturated carbocycles. The zero-order valence-electron chi connectivity index (χ0n) is 14.1. The van der Waals surface area contributed by atoms with Crippen molar-refractivity contribution in [2.24, 2.45) is 10.9 Å². The van der Waals surface area contributed by atoms with Gasteiger partial charge in [-0.2, -0.15) is 0 Å². The summed E-state index contributed by atoms with van der Waals surface area (Å²) in [6.07, 6.45) is 3.75. The second-order valence-corrected chi connectivity index (χ2v) is 5.50. The highest BCUT2D eigenvalue weighted by molar-refractivity contribution is 6.08. The number of aryl methyl sites for hydroxylation is 1. The molecule has 0 amide bonds. The van der Waals surface area contributed by atoms with Gasteiger partial charge >= 0.3 is 11.9 Å². The topological polar surface area (TPSA) is 115 Å². The molecule has 0 aliphatic carbocycles. The number of aliphatic imine (C=N–C) groups is 1. The second kappa shape index (κ2) is 8.09. The Morgan fingerprint density at radius 2 is 1.96 bits per heavy atom. The number of pyridine rings is 1. The first-order valence-corrected chi connectivity index (χ1v) is 7.60. The third-order valence-electron chi connectivity index (χ3n) is 3.02. The lowest BCUT2D eigenvalue weighted by Crippen LogP contribution is -2.29. The monoisotopic (exact) mass is 342 g/mol. The number of esters is 1. The van der Waals surface area contributed by atoms with Crippen LogP contribution in [0.5, 0.6) is 0 Å². The number of carboxylic acid groups (broad SMARTS) is 1. The van der Waals surface area contributed by atoms with Gasteiger partial charge in [-0.05, 0) is 32.9 Å². The smallest absolute Gasteiger partial charge is 0.326 e. The summed E-state index contributed by atoms with van der Waals surface area (Å²) in [5, 5.41) is 9.17. The molecule has 2 rings (SSSR count). The Morgan fingerprint density at radius 1 is 1.24 bits per heavy atom. The van der Waals surface area contributed by atoms with E-state index in [1.165, 1.54) is 12.3 Å². The molecule has 0 saturated heterocycles. The number of carbonyl (C=O) groups is 2. The molecule has 0 radical (unpaired) electrons. The summed E-state index contributed by atoms with van der Waals surface area (Å²) in [5.41, 5.74) is 1.58. The Kier molecular flexibility index (Phi) is 5.89. The van der Waals surface area contributed by atoms with Crippen molar-refractivity contribution in [1.82, 2.24) is 15.0 Å². The van der Waals surface area contributed by atoms with Gasteiger partial charge in [0.2, 0.25) is 0 Å². The summed E-state index contributed by atoms with van der Waals surface area (Å²) in [7, 11) is 0. The average molecular weight is 342 g/mol. The third-order valence-corrected chi connectivity index (χ3v) is 3.02. The van der Waals surface area contributed by atoms with Crippen LogP contribution in [0.15, 0.2) is 35.6 Å². The fourth-order valence-electron chi connectivity index (χ4n) is 1.93. The molecule has 1 atom stereocenters. The van der Waals surface area contributed by atoms with Crippen molar-refractivity contribution in [3.05, 3.63) is 36.3 Å². The predicted molar refractivity (Wildman–Crippen MR) is 90.5 cm³/mol. The molecule has 1 unspecified atom stereocenters. The van der Waals surface area contributed by atoms with Gasteiger partial charge in [-0.15, -0.1) is 0 Å². The van der Waals surface area contributed by atoms with Gasteiger partial charge in [0, 0.05) is 35.9 Å². The Labute approximate surface area is 144 Å². The van der Waals surface area contributed by atoms with Crippen LogP contribution >= 0.6 is 0 Å². The normalized spacial score (nSPS) is 12.3. The number of nitrogens with zero attached hydrogens (tertiary/aromatic N) is 4. The molecule has 130 valence electrons. The van der Waals surface area contributed by atoms with Gasteiger partial charge in [0.15, 0.2) is 17.6 Å². The molecular weight excluding hydrogens is 324 g/mol. The van der Waals surface area contributed by atoms with Gasteiger partial charge in [0.25, 0.3) is 0 Å². The summed E-state index contributed by atoms with van der Waals surface area (Å²) in [6, 6.07) is 5.10. The standard InChI is InChI=1S/C17H18N4O4/c1-10(2)25-17(24)13(16(22)23)9-20-14-5-7-19-15(21-14)12-4-6-18-11(3)8-12/h4-10,13H,1-3H3,(H,22,23). The van der Waals surface area contributed by atoms with Crippen LogP contribution in [0.4, 0.5) is 5.82 Å². The van der Waals surface area contributed by atoms with Crippen molar-refractivity contribution in [3.63, 3.8) is 0 Å². The van der Waals surface area contributed by atoms with Crippen molar-refractivity contribution in [3.8, 4) is 11.4 Å². The van der Waals surface area contributed by atoms with Gasteiger partial charge < -0.3 is 9.84 Å². The van der Waals surface area contributed by atoms with Crippen molar-refractivity contribution in [1.29, 1.82) is 0 Å². The van der Waals surface area contributed by atoms with E-state index in [4.69, 9.17) is 9.84 Å². The number of carboxylic acids is 1. The minimum Gasteiger partial charge on any atom is -0.480 e. The van der Waals surface area contributed by atoms with Gasteiger partial charge in [-0.3, -0.25) is 14.6 Å². The van der Waals surface area contributed by atoms with E-state index in [2.05, 4.69) is 19.9 Å². The Balaban J connectivity index is 2.24. The number of rotatable bonds is 6. The number of carbonyl (C=O) groups excluding carboxylic acids is 1. The summed E-state index contributed by atoms with van der Waals surface area (Å²) in [5.74, 6) is -3.04. The van der Waals surface area contributed by atoms with Crippen LogP contribution in [-0.2, 0) is 14.3 Å². The maximum atomic E-state index is 11.8. The second-order valence-electron chi connectivity index (χ2n) is 5.50. The number of ether oxygens (including phenoxy) is 1. The van der Waals surface area contributed by atoms with Gasteiger partial charge in [0.1, 0.15) is 0 Å². The minimum absolute atomic E-state index is 0.239. The average Bonchev–Trinajstić information content (AvgIpc) is 2.54. The fraction of sp³-hybridized carbons (Fsp3) is 0.294. The lowest BCUT2D eigenvalue weighted by molar-refractivity contribution is -0.157. The van der Waals surface area contributed by atoms with E-state index >= 15 is 0 Å². The first-order chi connectivity index (χ1) is 11.9. The molecule has 0 spiro atoms. The highest BCUT2D eigenvalue weighted by Crippen LogP contribution is 2.17. The molecule has 0 bridgehead atoms. The zero-order chi connectivity index (χ0) is 18.4. The third kappa shape index (κ3) is 5.17. The van der Waals surface area contributed by atoms with Crippen LogP contribution in [0.25, 0.3) is 11.4 Å². The summed E-state index contributed by atoms with van der Waals surface area (Å²) < 4.78 is 4.92. The summed E-state index contributed by atoms with van der Waals surface area (Å²) >= 11 is 0. The van der Waals surface area contributed by atoms with E-state index in [0.29, 0.717) is 5.82 Å². The van der Waals surface area contributed by atoms with E-state index in [1.807, 2.05) is 13.0 Å². The van der Waals surface area contributed by atoms with Crippen molar-refractivity contribution < 1.29 is 19.4 Å². The molecule has 0 aliphatic heterocycles. The fourth-order valence-corrected chi connectivity index (χ4v) is 1.93. The molecule has 2 aromatic heterocycles. The van der Waals surface area contributed by atoms with Crippen LogP contribution in [0.2, 0.25) is 0 Å². The Hall–Kier alpha value is -3.16. The number of hydrogen-bond donors (Lipinski definition) is 1. The molecule has 0 fully saturated rings. The van der Waals surface area contributed by atoms with E-state index in [0.717, 1.165) is 17.5 Å². The van der Waals surface area contributed by atoms with Crippen molar-refractivity contribution in [2.45, 2.75) is 26.9 Å². The van der Waals surface area contributed by atoms with Gasteiger partial charge in [-0.1, -0.05) is 0 Å². The maximum Gasteiger partial charge on any atom is 0.326 e. The summed E-state index contributed by atoms with van der Waals surface area (Å²) in [4.78, 5) is 39.6. The SMILES string of the molecule is Cc1cc(-c2nccc(N=CC(C(=O)O)C(=O)OC(C)C)n2)ccn1. The molecule has 0 aliphatic rings. The molecule has 2 aromatic rings. The van der Waals surface area contributed by atoms with E-state index in [-0.39, 0.29) is 5.82 Å². The Morgan fingerprint density at radius 3 is 2.60 bits per heavy atom. The molecule has 1 N–H and O–H groups in total. The van der Waals surface area contributed by atoms with Crippen LogP contribution in [0, 0.1) is 12.8 Å².